The number of tetrazole rings is 1. The molecule has 0 aliphatic carbocycles. The van der Waals surface area contributed by atoms with Crippen LogP contribution >= 0.6 is 0 Å². The highest BCUT2D eigenvalue weighted by Gasteiger charge is 2.18. The Kier molecular flexibility index (Phi) is 6.16. The van der Waals surface area contributed by atoms with Crippen LogP contribution in [-0.4, -0.2) is 36.8 Å². The van der Waals surface area contributed by atoms with Crippen molar-refractivity contribution in [3.63, 3.8) is 0 Å². The summed E-state index contributed by atoms with van der Waals surface area (Å²) in [5.41, 5.74) is 3.50. The molecule has 0 radical (unpaired) electrons. The number of carbonyl (C=O) groups is 1. The van der Waals surface area contributed by atoms with Crippen LogP contribution in [-0.2, 0) is 11.3 Å². The predicted molar refractivity (Wildman–Crippen MR) is 135 cm³/mol. The van der Waals surface area contributed by atoms with Crippen LogP contribution in [0.4, 0.5) is 0 Å². The first-order valence-electron chi connectivity index (χ1n) is 11.6. The van der Waals surface area contributed by atoms with E-state index < -0.39 is 5.60 Å². The van der Waals surface area contributed by atoms with Gasteiger partial charge in [0.15, 0.2) is 5.76 Å². The molecule has 0 saturated carbocycles. The summed E-state index contributed by atoms with van der Waals surface area (Å²) in [4.78, 5) is 18.2. The minimum Gasteiger partial charge on any atom is -0.456 e. The Hall–Kier alpha value is -4.59. The van der Waals surface area contributed by atoms with E-state index in [1.54, 1.807) is 18.3 Å². The molecule has 0 bridgehead atoms. The minimum atomic E-state index is -0.536. The molecular weight excluding hydrogens is 454 g/mol. The van der Waals surface area contributed by atoms with Gasteiger partial charge in [0.05, 0.1) is 18.3 Å². The van der Waals surface area contributed by atoms with Gasteiger partial charge in [-0.15, -0.1) is 10.2 Å². The van der Waals surface area contributed by atoms with Crippen molar-refractivity contribution in [2.75, 3.05) is 0 Å². The van der Waals surface area contributed by atoms with Crippen molar-refractivity contribution < 1.29 is 13.9 Å². The number of ether oxygens (including phenoxy) is 1. The molecule has 0 amide bonds. The Bertz CT molecular complexity index is 1480. The van der Waals surface area contributed by atoms with E-state index in [-0.39, 0.29) is 5.97 Å². The molecule has 2 heterocycles. The molecule has 36 heavy (non-hydrogen) atoms. The summed E-state index contributed by atoms with van der Waals surface area (Å²) in [6, 6.07) is 24.7. The molecule has 0 saturated heterocycles. The molecule has 0 aliphatic heterocycles. The number of esters is 1. The monoisotopic (exact) mass is 479 g/mol. The fourth-order valence-corrected chi connectivity index (χ4v) is 3.61. The van der Waals surface area contributed by atoms with Crippen molar-refractivity contribution in [2.24, 2.45) is 0 Å². The smallest absolute Gasteiger partial charge is 0.338 e. The van der Waals surface area contributed by atoms with Crippen LogP contribution < -0.4 is 0 Å². The summed E-state index contributed by atoms with van der Waals surface area (Å²) < 4.78 is 11.4. The zero-order valence-electron chi connectivity index (χ0n) is 20.3. The summed E-state index contributed by atoms with van der Waals surface area (Å²) in [6.45, 7) is 5.95. The lowest BCUT2D eigenvalue weighted by molar-refractivity contribution is 0.00695. The normalized spacial score (nSPS) is 11.4. The van der Waals surface area contributed by atoms with Gasteiger partial charge in [-0.1, -0.05) is 54.6 Å². The molecule has 0 atom stereocenters. The largest absolute Gasteiger partial charge is 0.456 e. The molecular formula is C28H25N5O3. The Morgan fingerprint density at radius 1 is 0.917 bits per heavy atom. The maximum absolute atomic E-state index is 12.2. The van der Waals surface area contributed by atoms with Crippen molar-refractivity contribution in [3.05, 3.63) is 96.2 Å². The van der Waals surface area contributed by atoms with Gasteiger partial charge in [-0.3, -0.25) is 0 Å². The molecule has 8 heteroatoms. The molecule has 0 fully saturated rings. The van der Waals surface area contributed by atoms with Crippen LogP contribution in [0.3, 0.4) is 0 Å². The molecule has 3 aromatic carbocycles. The molecule has 5 rings (SSSR count). The molecule has 180 valence electrons. The summed E-state index contributed by atoms with van der Waals surface area (Å²) in [6.07, 6.45) is 1.72. The number of benzene rings is 3. The second-order valence-electron chi connectivity index (χ2n) is 9.32. The predicted octanol–water partition coefficient (Wildman–Crippen LogP) is 5.67. The topological polar surface area (TPSA) is 95.9 Å². The van der Waals surface area contributed by atoms with Crippen LogP contribution in [0.5, 0.6) is 0 Å². The fourth-order valence-electron chi connectivity index (χ4n) is 3.61. The Balaban J connectivity index is 1.29. The summed E-state index contributed by atoms with van der Waals surface area (Å²) in [5.74, 6) is 1.38. The zero-order valence-corrected chi connectivity index (χ0v) is 20.3. The van der Waals surface area contributed by atoms with Gasteiger partial charge in [0.25, 0.3) is 0 Å². The average molecular weight is 480 g/mol. The Labute approximate surface area is 208 Å². The van der Waals surface area contributed by atoms with Gasteiger partial charge >= 0.3 is 5.97 Å². The van der Waals surface area contributed by atoms with E-state index in [0.717, 1.165) is 22.3 Å². The van der Waals surface area contributed by atoms with E-state index >= 15 is 0 Å². The van der Waals surface area contributed by atoms with Gasteiger partial charge in [-0.2, -0.15) is 4.80 Å². The number of oxazole rings is 1. The third kappa shape index (κ3) is 5.38. The van der Waals surface area contributed by atoms with E-state index in [2.05, 4.69) is 20.4 Å². The first kappa shape index (κ1) is 23.2. The van der Waals surface area contributed by atoms with Crippen LogP contribution in [0.2, 0.25) is 0 Å². The lowest BCUT2D eigenvalue weighted by Crippen LogP contribution is -2.23. The van der Waals surface area contributed by atoms with Gasteiger partial charge in [0.2, 0.25) is 11.7 Å². The van der Waals surface area contributed by atoms with Gasteiger partial charge < -0.3 is 9.15 Å². The number of carbonyl (C=O) groups excluding carboxylic acids is 1. The first-order valence-corrected chi connectivity index (χ1v) is 11.6. The van der Waals surface area contributed by atoms with E-state index in [1.807, 2.05) is 87.5 Å². The highest BCUT2D eigenvalue weighted by molar-refractivity contribution is 5.89. The van der Waals surface area contributed by atoms with Gasteiger partial charge in [0, 0.05) is 16.7 Å². The Morgan fingerprint density at radius 3 is 2.39 bits per heavy atom. The van der Waals surface area contributed by atoms with Gasteiger partial charge in [0.1, 0.15) is 5.60 Å². The van der Waals surface area contributed by atoms with Gasteiger partial charge in [-0.05, 0) is 55.8 Å². The molecule has 8 nitrogen and oxygen atoms in total. The van der Waals surface area contributed by atoms with E-state index in [1.165, 1.54) is 4.80 Å². The van der Waals surface area contributed by atoms with Gasteiger partial charge in [-0.25, -0.2) is 9.78 Å². The van der Waals surface area contributed by atoms with Crippen molar-refractivity contribution in [3.8, 4) is 34.2 Å². The molecule has 2 aromatic heterocycles. The molecule has 0 unspecified atom stereocenters. The number of hydrogen-bond acceptors (Lipinski definition) is 7. The second-order valence-corrected chi connectivity index (χ2v) is 9.32. The Morgan fingerprint density at radius 2 is 1.64 bits per heavy atom. The summed E-state index contributed by atoms with van der Waals surface area (Å²) in [7, 11) is 0. The number of rotatable bonds is 6. The summed E-state index contributed by atoms with van der Waals surface area (Å²) >= 11 is 0. The molecule has 0 N–H and O–H groups in total. The highest BCUT2D eigenvalue weighted by Crippen LogP contribution is 2.28. The van der Waals surface area contributed by atoms with Crippen molar-refractivity contribution >= 4 is 5.97 Å². The maximum atomic E-state index is 12.2. The van der Waals surface area contributed by atoms with Crippen LogP contribution in [0, 0.1) is 0 Å². The second kappa shape index (κ2) is 9.58. The number of nitrogens with zero attached hydrogens (tertiary/aromatic N) is 5. The van der Waals surface area contributed by atoms with Crippen LogP contribution in [0.25, 0.3) is 34.2 Å². The first-order chi connectivity index (χ1) is 17.3. The molecule has 0 aliphatic rings. The summed E-state index contributed by atoms with van der Waals surface area (Å²) in [5, 5.41) is 12.9. The maximum Gasteiger partial charge on any atom is 0.338 e. The fraction of sp³-hybridized carbons (Fsp3) is 0.179. The average Bonchev–Trinajstić information content (AvgIpc) is 3.55. The number of aromatic nitrogens is 5. The highest BCUT2D eigenvalue weighted by atomic mass is 16.6. The van der Waals surface area contributed by atoms with Crippen LogP contribution in [0.15, 0.2) is 89.5 Å². The molecule has 5 aromatic rings. The standard InChI is InChI=1S/C28H25N5O3/c1-28(2,3)36-27(34)21-14-12-19(13-15-21)18-33-31-25(30-32-33)22-10-7-11-23(16-22)26-29-17-24(35-26)20-8-5-4-6-9-20/h4-17H,18H2,1-3H3. The van der Waals surface area contributed by atoms with Crippen molar-refractivity contribution in [2.45, 2.75) is 32.9 Å². The quantitative estimate of drug-likeness (QED) is 0.290. The van der Waals surface area contributed by atoms with E-state index in [4.69, 9.17) is 9.15 Å². The molecule has 0 spiro atoms. The third-order valence-corrected chi connectivity index (χ3v) is 5.30. The lowest BCUT2D eigenvalue weighted by atomic mass is 10.1. The number of hydrogen-bond donors (Lipinski definition) is 0. The van der Waals surface area contributed by atoms with E-state index in [0.29, 0.717) is 29.6 Å². The minimum absolute atomic E-state index is 0.350. The van der Waals surface area contributed by atoms with Crippen molar-refractivity contribution in [1.82, 2.24) is 25.2 Å². The van der Waals surface area contributed by atoms with Crippen molar-refractivity contribution in [1.29, 1.82) is 0 Å². The SMILES string of the molecule is CC(C)(C)OC(=O)c1ccc(Cn2nnc(-c3cccc(-c4ncc(-c5ccccc5)o4)c3)n2)cc1. The van der Waals surface area contributed by atoms with Crippen LogP contribution in [0.1, 0.15) is 36.7 Å². The zero-order chi connectivity index (χ0) is 25.1. The van der Waals surface area contributed by atoms with E-state index in [9.17, 15) is 4.79 Å². The third-order valence-electron chi connectivity index (χ3n) is 5.30. The lowest BCUT2D eigenvalue weighted by Gasteiger charge is -2.19.